The van der Waals surface area contributed by atoms with Crippen LogP contribution in [0.3, 0.4) is 0 Å². The standard InChI is InChI=1S/C20H17F3N6O2.C19H27N3O2/c1-2-28-18-12(11-25-29(18)13-6-4-3-5-7-13)10-14(19(28)31)26-17(30)16-24-9-8-15(27-16)20(21,22)23;1-15(19(23)20-16(2)17-6-4-3-5-7-17)12-21-8-10-22(11-9-21)18-13-24-14-18/h3-9,11,14H,2,10H2,1H3,(H,26,30);3-7,16,18H,1,8-14H2,2H3,(H,20,23). The Labute approximate surface area is 317 Å². The minimum Gasteiger partial charge on any atom is -0.378 e. The van der Waals surface area contributed by atoms with Crippen molar-refractivity contribution in [2.75, 3.05) is 57.4 Å². The van der Waals surface area contributed by atoms with Gasteiger partial charge in [0, 0.05) is 63.0 Å². The maximum absolute atomic E-state index is 13.0. The van der Waals surface area contributed by atoms with Crippen molar-refractivity contribution >= 4 is 23.5 Å². The number of fused-ring (bicyclic) bond motifs is 1. The van der Waals surface area contributed by atoms with Gasteiger partial charge in [0.2, 0.25) is 11.7 Å². The fraction of sp³-hybridized carbons (Fsp3) is 0.385. The number of halogens is 3. The number of carbonyl (C=O) groups is 3. The number of benzene rings is 2. The van der Waals surface area contributed by atoms with Gasteiger partial charge in [0.15, 0.2) is 0 Å². The van der Waals surface area contributed by atoms with Crippen LogP contribution in [0.2, 0.25) is 0 Å². The summed E-state index contributed by atoms with van der Waals surface area (Å²) in [5.41, 5.74) is 2.01. The van der Waals surface area contributed by atoms with E-state index in [0.717, 1.165) is 62.4 Å². The number of piperazine rings is 1. The van der Waals surface area contributed by atoms with Crippen LogP contribution in [0.25, 0.3) is 5.69 Å². The maximum atomic E-state index is 13.0. The Hall–Kier alpha value is -5.45. The number of likely N-dealkylation sites (N-methyl/N-ethyl adjacent to an activating group) is 1. The van der Waals surface area contributed by atoms with Crippen LogP contribution in [0.1, 0.15) is 47.3 Å². The molecule has 55 heavy (non-hydrogen) atoms. The molecule has 0 saturated carbocycles. The van der Waals surface area contributed by atoms with Crippen molar-refractivity contribution in [3.63, 3.8) is 0 Å². The molecule has 16 heteroatoms. The van der Waals surface area contributed by atoms with E-state index in [1.807, 2.05) is 67.6 Å². The highest BCUT2D eigenvalue weighted by Crippen LogP contribution is 2.31. The Bertz CT molecular complexity index is 1960. The highest BCUT2D eigenvalue weighted by Gasteiger charge is 2.38. The summed E-state index contributed by atoms with van der Waals surface area (Å²) < 4.78 is 45.5. The number of nitrogens with one attached hydrogen (secondary N) is 2. The van der Waals surface area contributed by atoms with Gasteiger partial charge < -0.3 is 15.4 Å². The third-order valence-electron chi connectivity index (χ3n) is 9.76. The third kappa shape index (κ3) is 9.44. The molecule has 13 nitrogen and oxygen atoms in total. The lowest BCUT2D eigenvalue weighted by molar-refractivity contribution is -0.141. The Morgan fingerprint density at radius 1 is 1.00 bits per heavy atom. The number of anilines is 1. The highest BCUT2D eigenvalue weighted by atomic mass is 19.4. The second-order valence-electron chi connectivity index (χ2n) is 13.5. The molecule has 2 saturated heterocycles. The average molecular weight is 760 g/mol. The molecule has 5 heterocycles. The molecule has 0 aliphatic carbocycles. The summed E-state index contributed by atoms with van der Waals surface area (Å²) in [7, 11) is 0. The van der Waals surface area contributed by atoms with Crippen LogP contribution >= 0.6 is 0 Å². The molecule has 4 aromatic rings. The first-order valence-corrected chi connectivity index (χ1v) is 18.2. The van der Waals surface area contributed by atoms with E-state index in [2.05, 4.69) is 42.1 Å². The number of amides is 3. The number of aromatic nitrogens is 4. The fourth-order valence-corrected chi connectivity index (χ4v) is 6.62. The topological polar surface area (TPSA) is 138 Å². The minimum absolute atomic E-state index is 0.00841. The molecule has 0 bridgehead atoms. The smallest absolute Gasteiger partial charge is 0.378 e. The molecule has 0 radical (unpaired) electrons. The van der Waals surface area contributed by atoms with Gasteiger partial charge in [-0.05, 0) is 37.6 Å². The number of para-hydroxylation sites is 1. The SMILES string of the molecule is C=C(CN1CCN(C2COC2)CC1)C(=O)NC(C)c1ccccc1.CCN1C(=O)C(NC(=O)c2nccc(C(F)(F)F)n2)Cc2cnn(-c3ccccc3)c21. The molecule has 2 fully saturated rings. The summed E-state index contributed by atoms with van der Waals surface area (Å²) >= 11 is 0. The fourth-order valence-electron chi connectivity index (χ4n) is 6.62. The maximum Gasteiger partial charge on any atom is 0.433 e. The van der Waals surface area contributed by atoms with Gasteiger partial charge >= 0.3 is 6.18 Å². The largest absolute Gasteiger partial charge is 0.433 e. The Balaban J connectivity index is 0.000000193. The molecule has 3 amide bonds. The van der Waals surface area contributed by atoms with Gasteiger partial charge in [-0.15, -0.1) is 0 Å². The molecular formula is C39H44F3N9O4. The molecule has 2 aromatic carbocycles. The van der Waals surface area contributed by atoms with Crippen LogP contribution in [0.5, 0.6) is 0 Å². The second-order valence-corrected chi connectivity index (χ2v) is 13.5. The molecule has 3 aliphatic heterocycles. The van der Waals surface area contributed by atoms with Gasteiger partial charge in [-0.3, -0.25) is 29.1 Å². The molecule has 0 spiro atoms. The predicted molar refractivity (Wildman–Crippen MR) is 198 cm³/mol. The first-order chi connectivity index (χ1) is 26.4. The first-order valence-electron chi connectivity index (χ1n) is 18.2. The van der Waals surface area contributed by atoms with Crippen LogP contribution in [-0.2, 0) is 26.9 Å². The molecule has 290 valence electrons. The number of carbonyl (C=O) groups excluding carboxylic acids is 3. The zero-order chi connectivity index (χ0) is 39.1. The molecular weight excluding hydrogens is 715 g/mol. The van der Waals surface area contributed by atoms with E-state index in [-0.39, 0.29) is 18.4 Å². The molecule has 2 aromatic heterocycles. The van der Waals surface area contributed by atoms with Crippen molar-refractivity contribution in [3.05, 3.63) is 114 Å². The van der Waals surface area contributed by atoms with Crippen molar-refractivity contribution in [1.29, 1.82) is 0 Å². The van der Waals surface area contributed by atoms with Crippen molar-refractivity contribution in [1.82, 2.24) is 40.2 Å². The van der Waals surface area contributed by atoms with E-state index < -0.39 is 35.6 Å². The van der Waals surface area contributed by atoms with Crippen LogP contribution in [0.4, 0.5) is 19.0 Å². The van der Waals surface area contributed by atoms with Crippen molar-refractivity contribution < 1.29 is 32.3 Å². The van der Waals surface area contributed by atoms with Gasteiger partial charge in [0.05, 0.1) is 37.2 Å². The number of alkyl halides is 3. The molecule has 2 N–H and O–H groups in total. The van der Waals surface area contributed by atoms with E-state index in [0.29, 0.717) is 36.6 Å². The number of ether oxygens (including phenoxy) is 1. The van der Waals surface area contributed by atoms with Crippen LogP contribution in [0.15, 0.2) is 91.3 Å². The van der Waals surface area contributed by atoms with Crippen LogP contribution in [0, 0.1) is 0 Å². The van der Waals surface area contributed by atoms with E-state index in [1.54, 1.807) is 17.8 Å². The lowest BCUT2D eigenvalue weighted by Crippen LogP contribution is -2.56. The Morgan fingerprint density at radius 3 is 2.29 bits per heavy atom. The highest BCUT2D eigenvalue weighted by molar-refractivity contribution is 6.03. The monoisotopic (exact) mass is 759 g/mol. The zero-order valence-electron chi connectivity index (χ0n) is 30.7. The summed E-state index contributed by atoms with van der Waals surface area (Å²) in [5.74, 6) is -1.47. The van der Waals surface area contributed by atoms with Gasteiger partial charge in [0.25, 0.3) is 11.8 Å². The van der Waals surface area contributed by atoms with Gasteiger partial charge in [-0.1, -0.05) is 55.1 Å². The summed E-state index contributed by atoms with van der Waals surface area (Å²) in [4.78, 5) is 51.0. The first kappa shape index (κ1) is 39.2. The zero-order valence-corrected chi connectivity index (χ0v) is 30.7. The number of hydrogen-bond donors (Lipinski definition) is 2. The lowest BCUT2D eigenvalue weighted by atomic mass is 10.0. The van der Waals surface area contributed by atoms with Gasteiger partial charge in [0.1, 0.15) is 17.6 Å². The van der Waals surface area contributed by atoms with Crippen molar-refractivity contribution in [2.24, 2.45) is 0 Å². The Kier molecular flexibility index (Phi) is 12.4. The normalized spacial score (nSPS) is 18.3. The minimum atomic E-state index is -4.71. The van der Waals surface area contributed by atoms with Gasteiger partial charge in [-0.2, -0.15) is 18.3 Å². The lowest BCUT2D eigenvalue weighted by Gasteiger charge is -2.42. The molecule has 7 rings (SSSR count). The second kappa shape index (κ2) is 17.3. The van der Waals surface area contributed by atoms with Crippen molar-refractivity contribution in [3.8, 4) is 5.69 Å². The third-order valence-corrected chi connectivity index (χ3v) is 9.76. The summed E-state index contributed by atoms with van der Waals surface area (Å²) in [6.07, 6.45) is -2.11. The quantitative estimate of drug-likeness (QED) is 0.231. The van der Waals surface area contributed by atoms with Crippen molar-refractivity contribution in [2.45, 2.75) is 44.6 Å². The molecule has 2 unspecified atom stereocenters. The van der Waals surface area contributed by atoms with E-state index in [9.17, 15) is 27.6 Å². The predicted octanol–water partition coefficient (Wildman–Crippen LogP) is 3.83. The average Bonchev–Trinajstić information content (AvgIpc) is 3.59. The molecule has 2 atom stereocenters. The number of rotatable bonds is 10. The van der Waals surface area contributed by atoms with Crippen LogP contribution < -0.4 is 15.5 Å². The number of nitrogens with zero attached hydrogens (tertiary/aromatic N) is 7. The summed E-state index contributed by atoms with van der Waals surface area (Å²) in [6.45, 7) is 14.5. The summed E-state index contributed by atoms with van der Waals surface area (Å²) in [5, 5.41) is 9.87. The van der Waals surface area contributed by atoms with E-state index in [1.165, 1.54) is 4.90 Å². The Morgan fingerprint density at radius 2 is 1.67 bits per heavy atom. The van der Waals surface area contributed by atoms with Crippen LogP contribution in [-0.4, -0.2) is 112 Å². The molecule has 3 aliphatic rings. The van der Waals surface area contributed by atoms with E-state index in [4.69, 9.17) is 4.74 Å². The van der Waals surface area contributed by atoms with E-state index >= 15 is 0 Å². The summed E-state index contributed by atoms with van der Waals surface area (Å²) in [6, 6.07) is 19.6. The number of hydrogen-bond acceptors (Lipinski definition) is 9. The van der Waals surface area contributed by atoms with Gasteiger partial charge in [-0.25, -0.2) is 14.6 Å².